The Morgan fingerprint density at radius 3 is 1.07 bits per heavy atom. The van der Waals surface area contributed by atoms with Gasteiger partial charge in [-0.05, 0) is 162 Å². The Kier molecular flexibility index (Phi) is 7.57. The first-order valence-corrected chi connectivity index (χ1v) is 20.2. The van der Waals surface area contributed by atoms with E-state index < -0.39 is 0 Å². The minimum Gasteiger partial charge on any atom is -0.372 e. The van der Waals surface area contributed by atoms with Crippen LogP contribution in [0.3, 0.4) is 0 Å². The van der Waals surface area contributed by atoms with E-state index in [0.29, 0.717) is 0 Å². The lowest BCUT2D eigenvalue weighted by Crippen LogP contribution is -2.29. The lowest BCUT2D eigenvalue weighted by molar-refractivity contribution is 0.578. The molecular weight excluding hydrogens is 653 g/mol. The first-order chi connectivity index (χ1) is 26.8. The molecule has 0 spiro atoms. The molecule has 0 atom stereocenters. The van der Waals surface area contributed by atoms with Crippen LogP contribution in [0.25, 0.3) is 86.9 Å². The van der Waals surface area contributed by atoms with Gasteiger partial charge in [-0.2, -0.15) is 0 Å². The Morgan fingerprint density at radius 2 is 0.648 bits per heavy atom. The summed E-state index contributed by atoms with van der Waals surface area (Å²) in [4.78, 5) is 5.25. The second kappa shape index (κ2) is 12.9. The minimum atomic E-state index is 1.12. The third-order valence-electron chi connectivity index (χ3n) is 12.6. The van der Waals surface area contributed by atoms with Gasteiger partial charge in [-0.15, -0.1) is 0 Å². The molecule has 9 aromatic carbocycles. The van der Waals surface area contributed by atoms with Crippen molar-refractivity contribution in [1.82, 2.24) is 0 Å². The molecule has 2 saturated heterocycles. The molecule has 0 N–H and O–H groups in total. The fourth-order valence-electron chi connectivity index (χ4n) is 10.0. The van der Waals surface area contributed by atoms with E-state index in [4.69, 9.17) is 0 Å². The van der Waals surface area contributed by atoms with E-state index in [0.717, 1.165) is 26.2 Å². The Hall–Kier alpha value is -5.86. The highest BCUT2D eigenvalue weighted by atomic mass is 15.1. The Morgan fingerprint density at radius 1 is 0.278 bits per heavy atom. The second-order valence-electron chi connectivity index (χ2n) is 15.7. The van der Waals surface area contributed by atoms with Crippen molar-refractivity contribution in [2.45, 2.75) is 38.5 Å². The number of rotatable bonds is 4. The maximum atomic E-state index is 2.62. The van der Waals surface area contributed by atoms with Crippen LogP contribution in [0.4, 0.5) is 11.4 Å². The zero-order valence-electron chi connectivity index (χ0n) is 30.8. The predicted molar refractivity (Wildman–Crippen MR) is 234 cm³/mol. The molecule has 2 aliphatic rings. The highest BCUT2D eigenvalue weighted by Crippen LogP contribution is 2.50. The number of benzene rings is 9. The number of hydrogen-bond donors (Lipinski definition) is 0. The summed E-state index contributed by atoms with van der Waals surface area (Å²) >= 11 is 0. The molecule has 0 amide bonds. The Labute approximate surface area is 317 Å². The topological polar surface area (TPSA) is 6.48 Å². The summed E-state index contributed by atoms with van der Waals surface area (Å²) < 4.78 is 0. The summed E-state index contributed by atoms with van der Waals surface area (Å²) in [7, 11) is 0. The molecular formula is C52H44N2. The molecule has 2 aliphatic heterocycles. The summed E-state index contributed by atoms with van der Waals surface area (Å²) in [5, 5.41) is 15.8. The van der Waals surface area contributed by atoms with Gasteiger partial charge in [0.25, 0.3) is 0 Å². The fourth-order valence-corrected chi connectivity index (χ4v) is 10.0. The van der Waals surface area contributed by atoms with Crippen molar-refractivity contribution in [3.63, 3.8) is 0 Å². The van der Waals surface area contributed by atoms with E-state index in [1.54, 1.807) is 0 Å². The van der Waals surface area contributed by atoms with Crippen molar-refractivity contribution >= 4 is 76.0 Å². The number of nitrogens with zero attached hydrogens (tertiary/aromatic N) is 2. The normalized spacial score (nSPS) is 15.3. The summed E-state index contributed by atoms with van der Waals surface area (Å²) in [5.41, 5.74) is 8.01. The van der Waals surface area contributed by atoms with Crippen LogP contribution in [0.15, 0.2) is 146 Å². The summed E-state index contributed by atoms with van der Waals surface area (Å²) in [6.07, 6.45) is 7.66. The van der Waals surface area contributed by atoms with Gasteiger partial charge < -0.3 is 9.80 Å². The van der Waals surface area contributed by atoms with E-state index in [2.05, 4.69) is 155 Å². The molecule has 2 heteroatoms. The number of anilines is 2. The largest absolute Gasteiger partial charge is 0.372 e. The van der Waals surface area contributed by atoms with Crippen LogP contribution in [0.1, 0.15) is 38.5 Å². The molecule has 0 unspecified atom stereocenters. The molecule has 9 aromatic rings. The van der Waals surface area contributed by atoms with Crippen LogP contribution in [0.2, 0.25) is 0 Å². The first-order valence-electron chi connectivity index (χ1n) is 20.2. The first kappa shape index (κ1) is 31.6. The average molecular weight is 697 g/mol. The van der Waals surface area contributed by atoms with Crippen LogP contribution in [0.5, 0.6) is 0 Å². The molecule has 2 nitrogen and oxygen atoms in total. The van der Waals surface area contributed by atoms with Crippen LogP contribution >= 0.6 is 0 Å². The van der Waals surface area contributed by atoms with E-state index in [9.17, 15) is 0 Å². The summed E-state index contributed by atoms with van der Waals surface area (Å²) in [5.74, 6) is 0. The zero-order valence-corrected chi connectivity index (χ0v) is 30.8. The van der Waals surface area contributed by atoms with E-state index in [1.165, 1.54) is 137 Å². The molecule has 0 aromatic heterocycles. The van der Waals surface area contributed by atoms with Crippen LogP contribution in [-0.4, -0.2) is 26.2 Å². The Balaban J connectivity index is 1.33. The van der Waals surface area contributed by atoms with E-state index in [1.807, 2.05) is 0 Å². The second-order valence-corrected chi connectivity index (χ2v) is 15.7. The molecule has 2 heterocycles. The van der Waals surface area contributed by atoms with Crippen molar-refractivity contribution in [1.29, 1.82) is 0 Å². The number of hydrogen-bond acceptors (Lipinski definition) is 2. The third kappa shape index (κ3) is 5.07. The van der Waals surface area contributed by atoms with Crippen molar-refractivity contribution in [2.24, 2.45) is 0 Å². The Bertz CT molecular complexity index is 2710. The van der Waals surface area contributed by atoms with Crippen molar-refractivity contribution in [3.05, 3.63) is 146 Å². The van der Waals surface area contributed by atoms with Gasteiger partial charge in [-0.3, -0.25) is 0 Å². The van der Waals surface area contributed by atoms with Gasteiger partial charge in [0, 0.05) is 37.6 Å². The highest BCUT2D eigenvalue weighted by Gasteiger charge is 2.24. The molecule has 0 saturated carbocycles. The van der Waals surface area contributed by atoms with Gasteiger partial charge in [0.05, 0.1) is 0 Å². The van der Waals surface area contributed by atoms with Crippen LogP contribution < -0.4 is 9.80 Å². The van der Waals surface area contributed by atoms with Crippen molar-refractivity contribution in [2.75, 3.05) is 36.0 Å². The lowest BCUT2D eigenvalue weighted by atomic mass is 9.82. The lowest BCUT2D eigenvalue weighted by Gasteiger charge is -2.31. The van der Waals surface area contributed by atoms with Crippen molar-refractivity contribution in [3.8, 4) is 22.3 Å². The SMILES string of the molecule is c1ccc2c(c1)cc(-c1c3ccc(N4CCCCC4)cc3c(-c3cc4ccccc4c4ccccc34)c3ccc(N4CCCCC4)cc13)c1ccccc12. The van der Waals surface area contributed by atoms with E-state index >= 15 is 0 Å². The monoisotopic (exact) mass is 696 g/mol. The van der Waals surface area contributed by atoms with Gasteiger partial charge in [0.2, 0.25) is 0 Å². The summed E-state index contributed by atoms with van der Waals surface area (Å²) in [6.45, 7) is 4.48. The molecule has 0 bridgehead atoms. The highest BCUT2D eigenvalue weighted by molar-refractivity contribution is 6.29. The molecule has 0 aliphatic carbocycles. The van der Waals surface area contributed by atoms with Gasteiger partial charge >= 0.3 is 0 Å². The maximum absolute atomic E-state index is 2.62. The minimum absolute atomic E-state index is 1.12. The zero-order chi connectivity index (χ0) is 35.6. The van der Waals surface area contributed by atoms with Crippen LogP contribution in [0, 0.1) is 0 Å². The standard InChI is InChI=1S/C52H44N2/c1-11-27-53(28-12-1)37-23-25-45-49(33-37)51(47-31-35-15-3-5-17-39(35)41-19-7-9-21-43(41)47)46-26-24-38(54-29-13-2-14-30-54)34-50(46)52(45)48-32-36-16-4-6-18-40(36)42-20-8-10-22-44(42)48/h3-10,15-26,31-34H,1-2,11-14,27-30H2. The molecule has 54 heavy (non-hydrogen) atoms. The average Bonchev–Trinajstić information content (AvgIpc) is 3.25. The molecule has 0 radical (unpaired) electrons. The third-order valence-corrected chi connectivity index (χ3v) is 12.6. The van der Waals surface area contributed by atoms with Crippen LogP contribution in [-0.2, 0) is 0 Å². The predicted octanol–water partition coefficient (Wildman–Crippen LogP) is 13.9. The molecule has 262 valence electrons. The van der Waals surface area contributed by atoms with Gasteiger partial charge in [0.1, 0.15) is 0 Å². The van der Waals surface area contributed by atoms with Gasteiger partial charge in [-0.1, -0.05) is 109 Å². The van der Waals surface area contributed by atoms with Gasteiger partial charge in [0.15, 0.2) is 0 Å². The number of piperidine rings is 2. The maximum Gasteiger partial charge on any atom is 0.0372 e. The van der Waals surface area contributed by atoms with Crippen molar-refractivity contribution < 1.29 is 0 Å². The summed E-state index contributed by atoms with van der Waals surface area (Å²) in [6, 6.07) is 55.8. The number of fused-ring (bicyclic) bond motifs is 8. The molecule has 2 fully saturated rings. The fraction of sp³-hybridized carbons (Fsp3) is 0.192. The van der Waals surface area contributed by atoms with Gasteiger partial charge in [-0.25, -0.2) is 0 Å². The van der Waals surface area contributed by atoms with E-state index in [-0.39, 0.29) is 0 Å². The molecule has 11 rings (SSSR count). The smallest absolute Gasteiger partial charge is 0.0372 e. The quantitative estimate of drug-likeness (QED) is 0.133.